The van der Waals surface area contributed by atoms with E-state index in [2.05, 4.69) is 15.5 Å². The van der Waals surface area contributed by atoms with E-state index in [0.29, 0.717) is 0 Å². The molecule has 0 aliphatic rings. The molecule has 0 bridgehead atoms. The Morgan fingerprint density at radius 3 is 2.78 bits per heavy atom. The molecule has 4 heteroatoms. The van der Waals surface area contributed by atoms with Crippen molar-refractivity contribution in [2.45, 2.75) is 20.4 Å². The summed E-state index contributed by atoms with van der Waals surface area (Å²) in [6.07, 6.45) is 1.60. The highest BCUT2D eigenvalue weighted by Crippen LogP contribution is 1.96. The molecule has 0 N–H and O–H groups in total. The first-order chi connectivity index (χ1) is 4.29. The number of hydrogen-bond donors (Lipinski definition) is 0. The van der Waals surface area contributed by atoms with E-state index in [0.717, 1.165) is 6.54 Å². The third kappa shape index (κ3) is 1.79. The molecule has 0 saturated heterocycles. The van der Waals surface area contributed by atoms with E-state index in [1.807, 2.05) is 13.8 Å². The fraction of sp³-hybridized carbons (Fsp3) is 0.600. The fourth-order valence-electron chi connectivity index (χ4n) is 0.577. The summed E-state index contributed by atoms with van der Waals surface area (Å²) in [5.74, 6) is 1.29. The van der Waals surface area contributed by atoms with Crippen molar-refractivity contribution in [1.82, 2.24) is 20.2 Å². The van der Waals surface area contributed by atoms with Crippen molar-refractivity contribution in [1.29, 1.82) is 0 Å². The van der Waals surface area contributed by atoms with Gasteiger partial charge >= 0.3 is 0 Å². The molecule has 9 heavy (non-hydrogen) atoms. The molecule has 0 atom stereocenters. The van der Waals surface area contributed by atoms with Crippen molar-refractivity contribution < 1.29 is 0 Å². The van der Waals surface area contributed by atoms with E-state index in [1.54, 1.807) is 11.0 Å². The third-order valence-electron chi connectivity index (χ3n) is 0.870. The van der Waals surface area contributed by atoms with Gasteiger partial charge in [-0.05, 0) is 16.3 Å². The number of hydrogen-bond acceptors (Lipinski definition) is 3. The lowest BCUT2D eigenvalue weighted by Gasteiger charge is -1.99. The van der Waals surface area contributed by atoms with Crippen LogP contribution >= 0.6 is 0 Å². The topological polar surface area (TPSA) is 43.6 Å². The zero-order valence-corrected chi connectivity index (χ0v) is 5.57. The number of nitrogens with zero attached hydrogens (tertiary/aromatic N) is 4. The van der Waals surface area contributed by atoms with Crippen molar-refractivity contribution in [3.63, 3.8) is 0 Å². The standard InChI is InChI=1S/C5H9N4/c1-5(2)3-9-4-6-7-8-9/h4H,3H2,1-2H3. The molecule has 0 aliphatic heterocycles. The molecule has 1 heterocycles. The second kappa shape index (κ2) is 2.57. The maximum absolute atomic E-state index is 3.69. The molecule has 0 unspecified atom stereocenters. The lowest BCUT2D eigenvalue weighted by molar-refractivity contribution is 0.602. The first-order valence-corrected chi connectivity index (χ1v) is 2.79. The number of tetrazole rings is 1. The molecule has 1 rings (SSSR count). The van der Waals surface area contributed by atoms with E-state index in [-0.39, 0.29) is 0 Å². The molecule has 0 aliphatic carbocycles. The highest BCUT2D eigenvalue weighted by atomic mass is 15.5. The van der Waals surface area contributed by atoms with Crippen LogP contribution in [0, 0.1) is 5.92 Å². The minimum absolute atomic E-state index is 0.812. The Kier molecular flexibility index (Phi) is 1.77. The Bertz CT molecular complexity index is 155. The van der Waals surface area contributed by atoms with Gasteiger partial charge < -0.3 is 0 Å². The van der Waals surface area contributed by atoms with Gasteiger partial charge in [0.25, 0.3) is 0 Å². The van der Waals surface area contributed by atoms with Crippen LogP contribution in [0.2, 0.25) is 0 Å². The summed E-state index contributed by atoms with van der Waals surface area (Å²) in [4.78, 5) is 0. The van der Waals surface area contributed by atoms with Crippen LogP contribution in [0.4, 0.5) is 0 Å². The van der Waals surface area contributed by atoms with Gasteiger partial charge in [0.05, 0.1) is 6.54 Å². The third-order valence-corrected chi connectivity index (χ3v) is 0.870. The molecule has 0 saturated carbocycles. The lowest BCUT2D eigenvalue weighted by Crippen LogP contribution is -2.02. The van der Waals surface area contributed by atoms with Crippen LogP contribution in [0.5, 0.6) is 0 Å². The van der Waals surface area contributed by atoms with Gasteiger partial charge in [-0.1, -0.05) is 13.8 Å². The van der Waals surface area contributed by atoms with Gasteiger partial charge in [-0.3, -0.25) is 0 Å². The first kappa shape index (κ1) is 6.19. The smallest absolute Gasteiger partial charge is 0.138 e. The summed E-state index contributed by atoms with van der Waals surface area (Å²) in [6, 6.07) is 0. The van der Waals surface area contributed by atoms with Gasteiger partial charge in [0.2, 0.25) is 0 Å². The van der Waals surface area contributed by atoms with Crippen molar-refractivity contribution >= 4 is 0 Å². The van der Waals surface area contributed by atoms with E-state index >= 15 is 0 Å². The van der Waals surface area contributed by atoms with E-state index in [9.17, 15) is 0 Å². The predicted octanol–water partition coefficient (Wildman–Crippen LogP) is 0.287. The molecule has 1 aromatic heterocycles. The van der Waals surface area contributed by atoms with E-state index < -0.39 is 0 Å². The van der Waals surface area contributed by atoms with Crippen LogP contribution < -0.4 is 0 Å². The normalized spacial score (nSPS) is 10.6. The van der Waals surface area contributed by atoms with Gasteiger partial charge in [-0.15, -0.1) is 5.10 Å². The van der Waals surface area contributed by atoms with Crippen LogP contribution in [0.15, 0.2) is 6.33 Å². The van der Waals surface area contributed by atoms with Gasteiger partial charge in [0.15, 0.2) is 0 Å². The Morgan fingerprint density at radius 1 is 1.56 bits per heavy atom. The maximum atomic E-state index is 3.69. The van der Waals surface area contributed by atoms with Gasteiger partial charge in [0, 0.05) is 0 Å². The van der Waals surface area contributed by atoms with Crippen LogP contribution in [-0.4, -0.2) is 20.2 Å². The molecular formula is C5H9N4. The lowest BCUT2D eigenvalue weighted by atomic mass is 10.2. The maximum Gasteiger partial charge on any atom is 0.138 e. The SMILES string of the molecule is C[C](C)Cn1cnnn1. The molecule has 0 aromatic carbocycles. The van der Waals surface area contributed by atoms with Crippen LogP contribution in [-0.2, 0) is 6.54 Å². The molecule has 4 nitrogen and oxygen atoms in total. The monoisotopic (exact) mass is 125 g/mol. The Balaban J connectivity index is 2.48. The highest BCUT2D eigenvalue weighted by molar-refractivity contribution is 4.75. The number of rotatable bonds is 2. The Morgan fingerprint density at radius 2 is 2.33 bits per heavy atom. The molecule has 1 radical (unpaired) electrons. The number of aromatic nitrogens is 4. The Labute approximate surface area is 53.9 Å². The van der Waals surface area contributed by atoms with Crippen LogP contribution in [0.25, 0.3) is 0 Å². The van der Waals surface area contributed by atoms with Crippen LogP contribution in [0.3, 0.4) is 0 Å². The van der Waals surface area contributed by atoms with Crippen LogP contribution in [0.1, 0.15) is 13.8 Å². The van der Waals surface area contributed by atoms with Crippen molar-refractivity contribution in [2.24, 2.45) is 0 Å². The van der Waals surface area contributed by atoms with Gasteiger partial charge in [0.1, 0.15) is 6.33 Å². The summed E-state index contributed by atoms with van der Waals surface area (Å²) < 4.78 is 1.69. The average molecular weight is 125 g/mol. The molecule has 0 amide bonds. The van der Waals surface area contributed by atoms with Gasteiger partial charge in [-0.2, -0.15) is 0 Å². The first-order valence-electron chi connectivity index (χ1n) is 2.79. The molecule has 49 valence electrons. The van der Waals surface area contributed by atoms with Gasteiger partial charge in [-0.25, -0.2) is 4.68 Å². The molecule has 0 fully saturated rings. The summed E-state index contributed by atoms with van der Waals surface area (Å²) >= 11 is 0. The zero-order valence-electron chi connectivity index (χ0n) is 5.57. The second-order valence-electron chi connectivity index (χ2n) is 2.21. The van der Waals surface area contributed by atoms with Crippen molar-refractivity contribution in [3.8, 4) is 0 Å². The quantitative estimate of drug-likeness (QED) is 0.570. The van der Waals surface area contributed by atoms with E-state index in [4.69, 9.17) is 0 Å². The minimum atomic E-state index is 0.812. The fourth-order valence-corrected chi connectivity index (χ4v) is 0.577. The average Bonchev–Trinajstić information content (AvgIpc) is 2.15. The van der Waals surface area contributed by atoms with E-state index in [1.165, 1.54) is 5.92 Å². The summed E-state index contributed by atoms with van der Waals surface area (Å²) in [5, 5.41) is 10.7. The minimum Gasteiger partial charge on any atom is -0.232 e. The highest BCUT2D eigenvalue weighted by Gasteiger charge is 1.95. The summed E-state index contributed by atoms with van der Waals surface area (Å²) in [5.41, 5.74) is 0. The molecule has 1 aromatic rings. The van der Waals surface area contributed by atoms with Crippen molar-refractivity contribution in [3.05, 3.63) is 12.2 Å². The molecule has 0 spiro atoms. The molecular weight excluding hydrogens is 116 g/mol. The second-order valence-corrected chi connectivity index (χ2v) is 2.21. The zero-order chi connectivity index (χ0) is 6.69. The van der Waals surface area contributed by atoms with Crippen molar-refractivity contribution in [2.75, 3.05) is 0 Å². The predicted molar refractivity (Wildman–Crippen MR) is 32.4 cm³/mol. The largest absolute Gasteiger partial charge is 0.232 e. The summed E-state index contributed by atoms with van der Waals surface area (Å²) in [6.45, 7) is 4.90. The Hall–Kier alpha value is -0.930. The summed E-state index contributed by atoms with van der Waals surface area (Å²) in [7, 11) is 0.